The second kappa shape index (κ2) is 10.4. The fourth-order valence-corrected chi connectivity index (χ4v) is 6.54. The number of fused-ring (bicyclic) bond motifs is 1. The van der Waals surface area contributed by atoms with E-state index < -0.39 is 0 Å². The number of nitrogens with zero attached hydrogens (tertiary/aromatic N) is 4. The zero-order valence-corrected chi connectivity index (χ0v) is 22.1. The molecule has 38 heavy (non-hydrogen) atoms. The highest BCUT2D eigenvalue weighted by atomic mass is 32.2. The number of aliphatic imine (C=N–C) groups is 1. The Bertz CT molecular complexity index is 1600. The molecule has 1 saturated heterocycles. The third-order valence-electron chi connectivity index (χ3n) is 7.49. The molecule has 0 N–H and O–H groups in total. The van der Waals surface area contributed by atoms with Crippen LogP contribution in [0.4, 0.5) is 5.69 Å². The van der Waals surface area contributed by atoms with Crippen molar-refractivity contribution in [3.63, 3.8) is 0 Å². The van der Waals surface area contributed by atoms with Gasteiger partial charge < -0.3 is 4.57 Å². The van der Waals surface area contributed by atoms with Gasteiger partial charge in [0.25, 0.3) is 5.91 Å². The molecule has 4 aromatic rings. The van der Waals surface area contributed by atoms with Crippen LogP contribution in [-0.2, 0) is 11.3 Å². The normalized spacial score (nSPS) is 18.2. The van der Waals surface area contributed by atoms with Gasteiger partial charge in [-0.25, -0.2) is 4.99 Å². The van der Waals surface area contributed by atoms with Crippen molar-refractivity contribution in [2.75, 3.05) is 0 Å². The van der Waals surface area contributed by atoms with Gasteiger partial charge in [0.05, 0.1) is 22.2 Å². The van der Waals surface area contributed by atoms with Crippen LogP contribution in [0.15, 0.2) is 88.8 Å². The summed E-state index contributed by atoms with van der Waals surface area (Å²) in [6.45, 7) is 2.81. The van der Waals surface area contributed by atoms with E-state index in [1.54, 1.807) is 0 Å². The third-order valence-corrected chi connectivity index (χ3v) is 8.47. The van der Waals surface area contributed by atoms with Gasteiger partial charge in [-0.2, -0.15) is 5.26 Å². The first kappa shape index (κ1) is 24.3. The first-order chi connectivity index (χ1) is 18.6. The van der Waals surface area contributed by atoms with Crippen LogP contribution in [0.3, 0.4) is 0 Å². The second-order valence-corrected chi connectivity index (χ2v) is 10.9. The minimum atomic E-state index is 0.0555. The molecular weight excluding hydrogens is 488 g/mol. The maximum absolute atomic E-state index is 13.8. The van der Waals surface area contributed by atoms with Crippen LogP contribution in [-0.4, -0.2) is 26.6 Å². The highest BCUT2D eigenvalue weighted by Gasteiger charge is 2.39. The summed E-state index contributed by atoms with van der Waals surface area (Å²) < 4.78 is 2.29. The summed E-state index contributed by atoms with van der Waals surface area (Å²) in [5.41, 5.74) is 5.95. The number of para-hydroxylation sites is 2. The van der Waals surface area contributed by atoms with Crippen LogP contribution in [0.5, 0.6) is 0 Å². The number of hydrogen-bond acceptors (Lipinski definition) is 4. The molecule has 0 bridgehead atoms. The molecule has 0 radical (unpaired) electrons. The van der Waals surface area contributed by atoms with Gasteiger partial charge in [0.15, 0.2) is 5.17 Å². The van der Waals surface area contributed by atoms with Crippen LogP contribution in [0.2, 0.25) is 0 Å². The fraction of sp³-hybridized carbons (Fsp3) is 0.219. The summed E-state index contributed by atoms with van der Waals surface area (Å²) in [6.07, 6.45) is 6.42. The van der Waals surface area contributed by atoms with Gasteiger partial charge in [-0.1, -0.05) is 61.4 Å². The van der Waals surface area contributed by atoms with E-state index in [0.717, 1.165) is 69.2 Å². The molecule has 6 heteroatoms. The van der Waals surface area contributed by atoms with Gasteiger partial charge in [-0.15, -0.1) is 0 Å². The monoisotopic (exact) mass is 516 g/mol. The smallest absolute Gasteiger partial charge is 0.267 e. The standard InChI is InChI=1S/C32H28N4OS/c1-22-28(27-13-7-8-14-29(27)35(22)21-24-17-15-23(20-33)16-18-24)19-30-31(37)36(26-11-5-6-12-26)32(38-30)34-25-9-3-2-4-10-25/h2-4,7-10,13-19,26H,5-6,11-12,21H2,1H3. The Morgan fingerprint density at radius 1 is 1.00 bits per heavy atom. The first-order valence-corrected chi connectivity index (χ1v) is 13.9. The molecule has 2 aliphatic rings. The highest BCUT2D eigenvalue weighted by molar-refractivity contribution is 8.18. The van der Waals surface area contributed by atoms with E-state index in [1.165, 1.54) is 11.8 Å². The van der Waals surface area contributed by atoms with E-state index in [1.807, 2.05) is 65.6 Å². The van der Waals surface area contributed by atoms with Crippen molar-refractivity contribution in [2.24, 2.45) is 4.99 Å². The van der Waals surface area contributed by atoms with E-state index in [9.17, 15) is 4.79 Å². The number of carbonyl (C=O) groups excluding carboxylic acids is 1. The maximum atomic E-state index is 13.8. The zero-order valence-electron chi connectivity index (χ0n) is 21.3. The van der Waals surface area contributed by atoms with Crippen LogP contribution < -0.4 is 0 Å². The molecule has 0 atom stereocenters. The molecule has 2 heterocycles. The summed E-state index contributed by atoms with van der Waals surface area (Å²) >= 11 is 1.49. The van der Waals surface area contributed by atoms with Crippen molar-refractivity contribution in [1.29, 1.82) is 5.26 Å². The van der Waals surface area contributed by atoms with Crippen molar-refractivity contribution in [2.45, 2.75) is 45.2 Å². The van der Waals surface area contributed by atoms with Gasteiger partial charge in [-0.3, -0.25) is 9.69 Å². The van der Waals surface area contributed by atoms with E-state index in [-0.39, 0.29) is 11.9 Å². The number of amidine groups is 1. The van der Waals surface area contributed by atoms with E-state index >= 15 is 0 Å². The number of benzene rings is 3. The Kier molecular flexibility index (Phi) is 6.61. The molecular formula is C32H28N4OS. The summed E-state index contributed by atoms with van der Waals surface area (Å²) in [5, 5.41) is 11.1. The number of nitriles is 1. The number of carbonyl (C=O) groups is 1. The number of thioether (sulfide) groups is 1. The highest BCUT2D eigenvalue weighted by Crippen LogP contribution is 2.40. The Morgan fingerprint density at radius 2 is 1.71 bits per heavy atom. The number of amides is 1. The molecule has 0 spiro atoms. The van der Waals surface area contributed by atoms with Gasteiger partial charge in [0, 0.05) is 34.7 Å². The second-order valence-electron chi connectivity index (χ2n) is 9.87. The van der Waals surface area contributed by atoms with Crippen molar-refractivity contribution < 1.29 is 4.79 Å². The quantitative estimate of drug-likeness (QED) is 0.259. The Balaban J connectivity index is 1.41. The summed E-state index contributed by atoms with van der Waals surface area (Å²) in [4.78, 5) is 21.4. The fourth-order valence-electron chi connectivity index (χ4n) is 5.50. The van der Waals surface area contributed by atoms with E-state index in [0.29, 0.717) is 12.1 Å². The molecule has 1 saturated carbocycles. The van der Waals surface area contributed by atoms with Crippen LogP contribution >= 0.6 is 11.8 Å². The average Bonchev–Trinajstić information content (AvgIpc) is 3.64. The SMILES string of the molecule is Cc1c(C=C2SC(=Nc3ccccc3)N(C3CCCC3)C2=O)c2ccccc2n1Cc1ccc(C#N)cc1. The molecule has 1 aromatic heterocycles. The molecule has 6 rings (SSSR count). The van der Waals surface area contributed by atoms with Crippen LogP contribution in [0.25, 0.3) is 17.0 Å². The van der Waals surface area contributed by atoms with Crippen molar-refractivity contribution in [3.05, 3.63) is 106 Å². The third kappa shape index (κ3) is 4.55. The lowest BCUT2D eigenvalue weighted by Crippen LogP contribution is -2.37. The van der Waals surface area contributed by atoms with Crippen molar-refractivity contribution in [1.82, 2.24) is 9.47 Å². The van der Waals surface area contributed by atoms with Gasteiger partial charge >= 0.3 is 0 Å². The Hall–Kier alpha value is -4.08. The van der Waals surface area contributed by atoms with E-state index in [2.05, 4.69) is 41.8 Å². The van der Waals surface area contributed by atoms with Gasteiger partial charge in [-0.05, 0) is 73.5 Å². The molecule has 3 aromatic carbocycles. The minimum absolute atomic E-state index is 0.0555. The Morgan fingerprint density at radius 3 is 2.45 bits per heavy atom. The van der Waals surface area contributed by atoms with Crippen molar-refractivity contribution >= 4 is 45.5 Å². The summed E-state index contributed by atoms with van der Waals surface area (Å²) in [6, 6.07) is 28.4. The Labute approximate surface area is 227 Å². The van der Waals surface area contributed by atoms with E-state index in [4.69, 9.17) is 10.3 Å². The number of hydrogen-bond donors (Lipinski definition) is 0. The molecule has 5 nitrogen and oxygen atoms in total. The number of aromatic nitrogens is 1. The van der Waals surface area contributed by atoms with Crippen LogP contribution in [0, 0.1) is 18.3 Å². The maximum Gasteiger partial charge on any atom is 0.267 e. The molecule has 188 valence electrons. The lowest BCUT2D eigenvalue weighted by molar-refractivity contribution is -0.123. The molecule has 1 aliphatic carbocycles. The largest absolute Gasteiger partial charge is 0.340 e. The summed E-state index contributed by atoms with van der Waals surface area (Å²) in [7, 11) is 0. The van der Waals surface area contributed by atoms with Gasteiger partial charge in [0.2, 0.25) is 0 Å². The topological polar surface area (TPSA) is 61.4 Å². The molecule has 1 amide bonds. The predicted octanol–water partition coefficient (Wildman–Crippen LogP) is 7.42. The molecule has 1 aliphatic heterocycles. The minimum Gasteiger partial charge on any atom is -0.340 e. The summed E-state index contributed by atoms with van der Waals surface area (Å²) in [5.74, 6) is 0.0555. The molecule has 0 unspecified atom stereocenters. The van der Waals surface area contributed by atoms with Crippen LogP contribution in [0.1, 0.15) is 48.1 Å². The lowest BCUT2D eigenvalue weighted by atomic mass is 10.1. The number of rotatable bonds is 5. The molecule has 2 fully saturated rings. The average molecular weight is 517 g/mol. The predicted molar refractivity (Wildman–Crippen MR) is 155 cm³/mol. The van der Waals surface area contributed by atoms with Gasteiger partial charge in [0.1, 0.15) is 0 Å². The zero-order chi connectivity index (χ0) is 26.1. The first-order valence-electron chi connectivity index (χ1n) is 13.1. The lowest BCUT2D eigenvalue weighted by Gasteiger charge is -2.22. The van der Waals surface area contributed by atoms with Crippen molar-refractivity contribution in [3.8, 4) is 6.07 Å².